The summed E-state index contributed by atoms with van der Waals surface area (Å²) in [6.45, 7) is 1.53. The molecule has 176 valence electrons. The highest BCUT2D eigenvalue weighted by Gasteiger charge is 2.29. The van der Waals surface area contributed by atoms with Gasteiger partial charge in [-0.1, -0.05) is 52.5 Å². The first kappa shape index (κ1) is 25.0. The second-order valence-corrected chi connectivity index (χ2v) is 9.11. The minimum atomic E-state index is -1.14. The Morgan fingerprint density at radius 1 is 0.943 bits per heavy atom. The van der Waals surface area contributed by atoms with Gasteiger partial charge >= 0.3 is 0 Å². The van der Waals surface area contributed by atoms with E-state index >= 15 is 0 Å². The molecule has 10 heteroatoms. The normalized spacial score (nSPS) is 12.6. The summed E-state index contributed by atoms with van der Waals surface area (Å²) in [5, 5.41) is 11.1. The van der Waals surface area contributed by atoms with Crippen LogP contribution in [0, 0.1) is 11.3 Å². The molecule has 4 rings (SSSR count). The Morgan fingerprint density at radius 2 is 1.69 bits per heavy atom. The summed E-state index contributed by atoms with van der Waals surface area (Å²) < 4.78 is 11.6. The Morgan fingerprint density at radius 3 is 2.43 bits per heavy atom. The molecule has 3 aromatic carbocycles. The predicted molar refractivity (Wildman–Crippen MR) is 136 cm³/mol. The van der Waals surface area contributed by atoms with Gasteiger partial charge in [-0.25, -0.2) is 9.97 Å². The molecule has 0 bridgehead atoms. The van der Waals surface area contributed by atoms with Crippen LogP contribution < -0.4 is 9.47 Å². The lowest BCUT2D eigenvalue weighted by Crippen LogP contribution is -2.29. The fourth-order valence-electron chi connectivity index (χ4n) is 3.28. The number of halogens is 4. The van der Waals surface area contributed by atoms with Gasteiger partial charge in [-0.3, -0.25) is 4.79 Å². The summed E-state index contributed by atoms with van der Waals surface area (Å²) in [6, 6.07) is 16.4. The molecule has 0 fully saturated rings. The van der Waals surface area contributed by atoms with Crippen molar-refractivity contribution in [1.82, 2.24) is 9.97 Å². The third-order valence-electron chi connectivity index (χ3n) is 5.00. The maximum atomic E-state index is 13.0. The molecule has 4 aromatic rings. The lowest BCUT2D eigenvalue weighted by Gasteiger charge is -2.19. The molecule has 0 saturated carbocycles. The standard InChI is InChI=1S/C25H15Cl4N3O3/c1-13(25(33)18(11-30)17-5-2-14(26)8-20(17)29)34-23-10-16(4-6-19(23)28)35-24-12-31-22-9-15(27)3-7-21(22)32-24/h2-10,12-13,18H,1H3. The number of ketones is 1. The number of carbonyl (C=O) groups excluding carboxylic acids is 1. The summed E-state index contributed by atoms with van der Waals surface area (Å²) >= 11 is 24.4. The highest BCUT2D eigenvalue weighted by Crippen LogP contribution is 2.34. The van der Waals surface area contributed by atoms with Gasteiger partial charge in [0.1, 0.15) is 17.4 Å². The molecule has 2 unspecified atom stereocenters. The van der Waals surface area contributed by atoms with Crippen LogP contribution in [0.3, 0.4) is 0 Å². The maximum absolute atomic E-state index is 13.0. The van der Waals surface area contributed by atoms with E-state index in [-0.39, 0.29) is 21.7 Å². The second-order valence-electron chi connectivity index (χ2n) is 7.43. The predicted octanol–water partition coefficient (Wildman–Crippen LogP) is 7.68. The van der Waals surface area contributed by atoms with Crippen molar-refractivity contribution in [2.24, 2.45) is 0 Å². The van der Waals surface area contributed by atoms with E-state index in [4.69, 9.17) is 55.9 Å². The van der Waals surface area contributed by atoms with Crippen LogP contribution in [0.4, 0.5) is 0 Å². The first-order chi connectivity index (χ1) is 16.7. The topological polar surface area (TPSA) is 85.1 Å². The Bertz CT molecular complexity index is 1470. The Labute approximate surface area is 220 Å². The molecular formula is C25H15Cl4N3O3. The number of carbonyl (C=O) groups is 1. The number of nitriles is 1. The van der Waals surface area contributed by atoms with Crippen molar-refractivity contribution in [3.63, 3.8) is 0 Å². The zero-order valence-corrected chi connectivity index (χ0v) is 21.0. The van der Waals surface area contributed by atoms with Crippen molar-refractivity contribution in [3.05, 3.63) is 86.4 Å². The zero-order chi connectivity index (χ0) is 25.1. The van der Waals surface area contributed by atoms with Crippen molar-refractivity contribution < 1.29 is 14.3 Å². The number of Topliss-reactive ketones (excluding diaryl/α,β-unsaturated/α-hetero) is 1. The summed E-state index contributed by atoms with van der Waals surface area (Å²) in [5.41, 5.74) is 1.59. The van der Waals surface area contributed by atoms with E-state index in [0.29, 0.717) is 32.4 Å². The number of rotatable bonds is 7. The number of aromatic nitrogens is 2. The average molecular weight is 547 g/mol. The van der Waals surface area contributed by atoms with Crippen LogP contribution in [0.2, 0.25) is 20.1 Å². The quantitative estimate of drug-likeness (QED) is 0.236. The molecule has 2 atom stereocenters. The van der Waals surface area contributed by atoms with Crippen molar-refractivity contribution in [2.75, 3.05) is 0 Å². The molecule has 0 amide bonds. The largest absolute Gasteiger partial charge is 0.481 e. The molecule has 35 heavy (non-hydrogen) atoms. The number of hydrogen-bond acceptors (Lipinski definition) is 6. The molecule has 1 heterocycles. The molecule has 6 nitrogen and oxygen atoms in total. The van der Waals surface area contributed by atoms with Crippen molar-refractivity contribution >= 4 is 63.2 Å². The van der Waals surface area contributed by atoms with E-state index < -0.39 is 17.8 Å². The van der Waals surface area contributed by atoms with E-state index in [1.54, 1.807) is 42.5 Å². The SMILES string of the molecule is CC(Oc1cc(Oc2cnc3cc(Cl)ccc3n2)ccc1Cl)C(=O)C(C#N)c1ccc(Cl)cc1Cl. The van der Waals surface area contributed by atoms with Crippen molar-refractivity contribution in [3.8, 4) is 23.4 Å². The number of hydrogen-bond donors (Lipinski definition) is 0. The minimum absolute atomic E-state index is 0.199. The molecular weight excluding hydrogens is 532 g/mol. The van der Waals surface area contributed by atoms with Gasteiger partial charge in [-0.2, -0.15) is 5.26 Å². The maximum Gasteiger partial charge on any atom is 0.238 e. The number of fused-ring (bicyclic) bond motifs is 1. The second kappa shape index (κ2) is 10.7. The summed E-state index contributed by atoms with van der Waals surface area (Å²) in [5.74, 6) is -0.819. The molecule has 1 aromatic heterocycles. The Kier molecular flexibility index (Phi) is 7.63. The van der Waals surface area contributed by atoms with Gasteiger partial charge in [-0.05, 0) is 55.0 Å². The average Bonchev–Trinajstić information content (AvgIpc) is 2.83. The summed E-state index contributed by atoms with van der Waals surface area (Å²) in [7, 11) is 0. The lowest BCUT2D eigenvalue weighted by atomic mass is 9.93. The van der Waals surface area contributed by atoms with Crippen LogP contribution in [0.5, 0.6) is 17.4 Å². The van der Waals surface area contributed by atoms with Gasteiger partial charge in [0.2, 0.25) is 5.88 Å². The monoisotopic (exact) mass is 545 g/mol. The van der Waals surface area contributed by atoms with Gasteiger partial charge < -0.3 is 9.47 Å². The zero-order valence-electron chi connectivity index (χ0n) is 18.0. The molecule has 0 N–H and O–H groups in total. The fraction of sp³-hybridized carbons (Fsp3) is 0.120. The van der Waals surface area contributed by atoms with Crippen LogP contribution >= 0.6 is 46.4 Å². The van der Waals surface area contributed by atoms with Crippen LogP contribution in [-0.4, -0.2) is 21.9 Å². The summed E-state index contributed by atoms with van der Waals surface area (Å²) in [6.07, 6.45) is 0.456. The molecule has 0 saturated heterocycles. The van der Waals surface area contributed by atoms with Crippen molar-refractivity contribution in [1.29, 1.82) is 5.26 Å². The van der Waals surface area contributed by atoms with Gasteiger partial charge in [0, 0.05) is 21.1 Å². The van der Waals surface area contributed by atoms with Gasteiger partial charge in [0.15, 0.2) is 11.9 Å². The van der Waals surface area contributed by atoms with Gasteiger partial charge in [0.25, 0.3) is 0 Å². The van der Waals surface area contributed by atoms with Crippen LogP contribution in [-0.2, 0) is 4.79 Å². The smallest absolute Gasteiger partial charge is 0.238 e. The van der Waals surface area contributed by atoms with Crippen LogP contribution in [0.1, 0.15) is 18.4 Å². The van der Waals surface area contributed by atoms with Crippen LogP contribution in [0.25, 0.3) is 11.0 Å². The molecule has 0 aliphatic carbocycles. The number of ether oxygens (including phenoxy) is 2. The number of nitrogens with zero attached hydrogens (tertiary/aromatic N) is 3. The number of benzene rings is 3. The summed E-state index contributed by atoms with van der Waals surface area (Å²) in [4.78, 5) is 21.7. The lowest BCUT2D eigenvalue weighted by molar-refractivity contribution is -0.125. The third kappa shape index (κ3) is 5.77. The highest BCUT2D eigenvalue weighted by atomic mass is 35.5. The molecule has 0 aliphatic rings. The van der Waals surface area contributed by atoms with E-state index in [1.807, 2.05) is 6.07 Å². The van der Waals surface area contributed by atoms with E-state index in [1.165, 1.54) is 25.3 Å². The van der Waals surface area contributed by atoms with Gasteiger partial charge in [-0.15, -0.1) is 0 Å². The van der Waals surface area contributed by atoms with E-state index in [2.05, 4.69) is 9.97 Å². The third-order valence-corrected chi connectivity index (χ3v) is 6.11. The molecule has 0 radical (unpaired) electrons. The minimum Gasteiger partial charge on any atom is -0.481 e. The Balaban J connectivity index is 1.53. The van der Waals surface area contributed by atoms with Crippen LogP contribution in [0.15, 0.2) is 60.8 Å². The first-order valence-corrected chi connectivity index (χ1v) is 11.7. The fourth-order valence-corrected chi connectivity index (χ4v) is 4.13. The van der Waals surface area contributed by atoms with Crippen molar-refractivity contribution in [2.45, 2.75) is 18.9 Å². The first-order valence-electron chi connectivity index (χ1n) is 10.2. The highest BCUT2D eigenvalue weighted by molar-refractivity contribution is 6.35. The molecule has 0 spiro atoms. The Hall–Kier alpha value is -3.08. The van der Waals surface area contributed by atoms with E-state index in [0.717, 1.165) is 0 Å². The molecule has 0 aliphatic heterocycles. The van der Waals surface area contributed by atoms with E-state index in [9.17, 15) is 10.1 Å². The van der Waals surface area contributed by atoms with Gasteiger partial charge in [0.05, 0.1) is 28.3 Å².